The van der Waals surface area contributed by atoms with Gasteiger partial charge in [0.05, 0.1) is 23.5 Å². The van der Waals surface area contributed by atoms with E-state index in [9.17, 15) is 14.4 Å². The van der Waals surface area contributed by atoms with Crippen LogP contribution in [0.1, 0.15) is 65.8 Å². The monoisotopic (exact) mass is 523 g/mol. The van der Waals surface area contributed by atoms with Crippen molar-refractivity contribution in [3.8, 4) is 0 Å². The molecule has 0 spiro atoms. The van der Waals surface area contributed by atoms with Crippen LogP contribution < -0.4 is 10.6 Å². The van der Waals surface area contributed by atoms with Crippen LogP contribution in [0.25, 0.3) is 0 Å². The predicted octanol–water partition coefficient (Wildman–Crippen LogP) is 4.55. The molecule has 2 aromatic carbocycles. The summed E-state index contributed by atoms with van der Waals surface area (Å²) < 4.78 is 7.00. The van der Waals surface area contributed by atoms with Crippen molar-refractivity contribution in [2.45, 2.75) is 51.9 Å². The number of aryl methyl sites for hydroxylation is 1. The van der Waals surface area contributed by atoms with Gasteiger partial charge in [-0.15, -0.1) is 10.2 Å². The molecule has 2 amide bonds. The average molecular weight is 524 g/mol. The lowest BCUT2D eigenvalue weighted by Crippen LogP contribution is -2.33. The fourth-order valence-electron chi connectivity index (χ4n) is 3.51. The molecule has 0 saturated heterocycles. The van der Waals surface area contributed by atoms with Crippen molar-refractivity contribution in [2.24, 2.45) is 13.0 Å². The zero-order valence-corrected chi connectivity index (χ0v) is 22.8. The molecule has 1 aromatic heterocycles. The Morgan fingerprint density at radius 2 is 1.70 bits per heavy atom. The van der Waals surface area contributed by atoms with Gasteiger partial charge in [0.15, 0.2) is 11.0 Å². The number of aromatic nitrogens is 3. The second-order valence-corrected chi connectivity index (χ2v) is 10.3. The van der Waals surface area contributed by atoms with Gasteiger partial charge in [-0.3, -0.25) is 9.59 Å². The van der Waals surface area contributed by atoms with E-state index >= 15 is 0 Å². The summed E-state index contributed by atoms with van der Waals surface area (Å²) in [7, 11) is 1.81. The van der Waals surface area contributed by atoms with E-state index in [1.165, 1.54) is 11.8 Å². The zero-order valence-electron chi connectivity index (χ0n) is 21.9. The number of thioether (sulfide) groups is 1. The van der Waals surface area contributed by atoms with Gasteiger partial charge in [0.2, 0.25) is 5.91 Å². The summed E-state index contributed by atoms with van der Waals surface area (Å²) in [6.07, 6.45) is -0.232. The summed E-state index contributed by atoms with van der Waals surface area (Å²) in [5.41, 5.74) is 2.52. The highest BCUT2D eigenvalue weighted by molar-refractivity contribution is 7.99. The zero-order chi connectivity index (χ0) is 27.1. The Labute approximate surface area is 221 Å². The van der Waals surface area contributed by atoms with E-state index in [1.807, 2.05) is 40.0 Å². The highest BCUT2D eigenvalue weighted by atomic mass is 32.2. The maximum atomic E-state index is 12.8. The van der Waals surface area contributed by atoms with Crippen LogP contribution in [-0.2, 0) is 16.6 Å². The largest absolute Gasteiger partial charge is 0.459 e. The van der Waals surface area contributed by atoms with Crippen LogP contribution in [0, 0.1) is 12.8 Å². The number of anilines is 1. The molecule has 0 aliphatic rings. The fraction of sp³-hybridized carbons (Fsp3) is 0.370. The molecule has 1 heterocycles. The maximum absolute atomic E-state index is 12.8. The van der Waals surface area contributed by atoms with E-state index in [0.717, 1.165) is 5.56 Å². The molecule has 3 rings (SSSR count). The van der Waals surface area contributed by atoms with Crippen molar-refractivity contribution in [2.75, 3.05) is 11.1 Å². The molecule has 0 fully saturated rings. The highest BCUT2D eigenvalue weighted by Gasteiger charge is 2.25. The molecule has 10 heteroatoms. The average Bonchev–Trinajstić information content (AvgIpc) is 3.20. The van der Waals surface area contributed by atoms with Gasteiger partial charge in [-0.1, -0.05) is 49.4 Å². The number of esters is 1. The first kappa shape index (κ1) is 27.9. The third kappa shape index (κ3) is 7.66. The molecule has 3 aromatic rings. The molecule has 0 aliphatic heterocycles. The minimum absolute atomic E-state index is 0.0631. The van der Waals surface area contributed by atoms with Gasteiger partial charge in [-0.25, -0.2) is 4.79 Å². The van der Waals surface area contributed by atoms with Crippen molar-refractivity contribution < 1.29 is 19.1 Å². The van der Waals surface area contributed by atoms with Gasteiger partial charge in [-0.2, -0.15) is 0 Å². The number of hydrogen-bond donors (Lipinski definition) is 2. The summed E-state index contributed by atoms with van der Waals surface area (Å²) in [6, 6.07) is 13.6. The molecule has 9 nitrogen and oxygen atoms in total. The molecular weight excluding hydrogens is 490 g/mol. The standard InChI is InChI=1S/C27H33N5O4S/c1-16(2)23(29-25(34)19-12-10-18(5)11-13-19)24-30-31-27(32(24)6)37-15-22(33)28-21-9-7-8-20(14-21)26(35)36-17(3)4/h7-14,16-17,23H,15H2,1-6H3,(H,28,33)(H,29,34)/t23-/m0/s1. The third-order valence-electron chi connectivity index (χ3n) is 5.47. The Hall–Kier alpha value is -3.66. The quantitative estimate of drug-likeness (QED) is 0.296. The molecule has 0 unspecified atom stereocenters. The highest BCUT2D eigenvalue weighted by Crippen LogP contribution is 2.25. The number of nitrogens with one attached hydrogen (secondary N) is 2. The Balaban J connectivity index is 1.63. The number of benzene rings is 2. The van der Waals surface area contributed by atoms with E-state index in [0.29, 0.717) is 27.8 Å². The van der Waals surface area contributed by atoms with E-state index in [2.05, 4.69) is 20.8 Å². The van der Waals surface area contributed by atoms with Crippen molar-refractivity contribution in [1.82, 2.24) is 20.1 Å². The number of ether oxygens (including phenoxy) is 1. The van der Waals surface area contributed by atoms with E-state index in [-0.39, 0.29) is 35.6 Å². The second kappa shape index (κ2) is 12.5. The molecule has 0 radical (unpaired) electrons. The Kier molecular flexibility index (Phi) is 9.46. The smallest absolute Gasteiger partial charge is 0.338 e. The first-order valence-corrected chi connectivity index (χ1v) is 13.0. The predicted molar refractivity (Wildman–Crippen MR) is 144 cm³/mol. The number of hydrogen-bond acceptors (Lipinski definition) is 7. The molecule has 2 N–H and O–H groups in total. The maximum Gasteiger partial charge on any atom is 0.338 e. The van der Waals surface area contributed by atoms with E-state index in [4.69, 9.17) is 4.74 Å². The summed E-state index contributed by atoms with van der Waals surface area (Å²) in [4.78, 5) is 37.5. The Morgan fingerprint density at radius 3 is 2.35 bits per heavy atom. The summed E-state index contributed by atoms with van der Waals surface area (Å²) in [5.74, 6) is -0.120. The van der Waals surface area contributed by atoms with Gasteiger partial charge in [-0.05, 0) is 57.0 Å². The molecule has 0 saturated carbocycles. The number of carbonyl (C=O) groups excluding carboxylic acids is 3. The van der Waals surface area contributed by atoms with Gasteiger partial charge in [0.1, 0.15) is 0 Å². The van der Waals surface area contributed by atoms with Crippen molar-refractivity contribution in [1.29, 1.82) is 0 Å². The van der Waals surface area contributed by atoms with E-state index < -0.39 is 5.97 Å². The number of amides is 2. The van der Waals surface area contributed by atoms with Gasteiger partial charge in [0, 0.05) is 18.3 Å². The minimum atomic E-state index is -0.443. The Morgan fingerprint density at radius 1 is 1.00 bits per heavy atom. The van der Waals surface area contributed by atoms with Crippen LogP contribution in [0.15, 0.2) is 53.7 Å². The first-order valence-electron chi connectivity index (χ1n) is 12.1. The van der Waals surface area contributed by atoms with Crippen LogP contribution in [0.4, 0.5) is 5.69 Å². The molecule has 0 aliphatic carbocycles. The topological polar surface area (TPSA) is 115 Å². The molecule has 196 valence electrons. The van der Waals surface area contributed by atoms with Crippen molar-refractivity contribution in [3.05, 3.63) is 71.0 Å². The Bertz CT molecular complexity index is 1250. The van der Waals surface area contributed by atoms with Crippen LogP contribution in [0.3, 0.4) is 0 Å². The van der Waals surface area contributed by atoms with Crippen LogP contribution in [-0.4, -0.2) is 44.4 Å². The number of carbonyl (C=O) groups is 3. The molecule has 0 bridgehead atoms. The number of rotatable bonds is 10. The first-order chi connectivity index (χ1) is 17.5. The van der Waals surface area contributed by atoms with Gasteiger partial charge in [0.25, 0.3) is 5.91 Å². The SMILES string of the molecule is Cc1ccc(C(=O)N[C@H](c2nnc(SCC(=O)Nc3cccc(C(=O)OC(C)C)c3)n2C)C(C)C)cc1. The van der Waals surface area contributed by atoms with Crippen molar-refractivity contribution in [3.63, 3.8) is 0 Å². The number of nitrogens with zero attached hydrogens (tertiary/aromatic N) is 3. The minimum Gasteiger partial charge on any atom is -0.459 e. The van der Waals surface area contributed by atoms with E-state index in [1.54, 1.807) is 54.8 Å². The van der Waals surface area contributed by atoms with Gasteiger partial charge < -0.3 is 19.9 Å². The lowest BCUT2D eigenvalue weighted by atomic mass is 10.0. The lowest BCUT2D eigenvalue weighted by Gasteiger charge is -2.21. The molecular formula is C27H33N5O4S. The molecule has 37 heavy (non-hydrogen) atoms. The molecule has 1 atom stereocenters. The van der Waals surface area contributed by atoms with Crippen LogP contribution in [0.2, 0.25) is 0 Å². The third-order valence-corrected chi connectivity index (χ3v) is 6.49. The summed E-state index contributed by atoms with van der Waals surface area (Å²) in [5, 5.41) is 14.9. The van der Waals surface area contributed by atoms with Crippen molar-refractivity contribution >= 4 is 35.2 Å². The second-order valence-electron chi connectivity index (χ2n) is 9.33. The summed E-state index contributed by atoms with van der Waals surface area (Å²) >= 11 is 1.23. The summed E-state index contributed by atoms with van der Waals surface area (Å²) in [6.45, 7) is 9.53. The fourth-order valence-corrected chi connectivity index (χ4v) is 4.23. The normalized spacial score (nSPS) is 11.9. The lowest BCUT2D eigenvalue weighted by molar-refractivity contribution is -0.113. The van der Waals surface area contributed by atoms with Gasteiger partial charge >= 0.3 is 5.97 Å². The van der Waals surface area contributed by atoms with Crippen LogP contribution in [0.5, 0.6) is 0 Å². The van der Waals surface area contributed by atoms with Crippen LogP contribution >= 0.6 is 11.8 Å².